The molecule has 0 saturated heterocycles. The van der Waals surface area contributed by atoms with Crippen molar-refractivity contribution in [3.63, 3.8) is 0 Å². The van der Waals surface area contributed by atoms with Gasteiger partial charge >= 0.3 is 0 Å². The predicted molar refractivity (Wildman–Crippen MR) is 73.7 cm³/mol. The minimum absolute atomic E-state index is 0. The fourth-order valence-electron chi connectivity index (χ4n) is 1.51. The van der Waals surface area contributed by atoms with E-state index in [2.05, 4.69) is 24.9 Å². The number of hydrogen-bond donors (Lipinski definition) is 0. The first-order valence-electron chi connectivity index (χ1n) is 5.60. The third-order valence-electron chi connectivity index (χ3n) is 2.77. The molecular formula is C13H22ClNO2. The molecule has 0 aromatic heterocycles. The minimum atomic E-state index is 0. The number of methoxy groups -OCH3 is 2. The highest BCUT2D eigenvalue weighted by Crippen LogP contribution is 2.27. The van der Waals surface area contributed by atoms with E-state index in [-0.39, 0.29) is 12.4 Å². The molecule has 0 aliphatic heterocycles. The van der Waals surface area contributed by atoms with Gasteiger partial charge in [0.15, 0.2) is 11.5 Å². The lowest BCUT2D eigenvalue weighted by Crippen LogP contribution is -2.20. The van der Waals surface area contributed by atoms with E-state index in [0.29, 0.717) is 0 Å². The van der Waals surface area contributed by atoms with Crippen LogP contribution in [-0.2, 0) is 6.42 Å². The Morgan fingerprint density at radius 1 is 1.12 bits per heavy atom. The van der Waals surface area contributed by atoms with E-state index in [4.69, 9.17) is 9.47 Å². The van der Waals surface area contributed by atoms with Gasteiger partial charge in [0.25, 0.3) is 0 Å². The van der Waals surface area contributed by atoms with Gasteiger partial charge in [0.05, 0.1) is 14.2 Å². The molecule has 1 aromatic rings. The van der Waals surface area contributed by atoms with Gasteiger partial charge < -0.3 is 14.4 Å². The van der Waals surface area contributed by atoms with Crippen LogP contribution in [0, 0.1) is 0 Å². The van der Waals surface area contributed by atoms with Crippen LogP contribution in [0.4, 0.5) is 0 Å². The molecule has 98 valence electrons. The summed E-state index contributed by atoms with van der Waals surface area (Å²) in [6.45, 7) is 4.30. The van der Waals surface area contributed by atoms with E-state index in [1.807, 2.05) is 12.1 Å². The lowest BCUT2D eigenvalue weighted by atomic mass is 10.1. The van der Waals surface area contributed by atoms with Crippen LogP contribution in [0.3, 0.4) is 0 Å². The fraction of sp³-hybridized carbons (Fsp3) is 0.538. The minimum Gasteiger partial charge on any atom is -0.493 e. The standard InChI is InChI=1S/C13H21NO2.ClH/c1-5-14(2)9-8-11-6-7-12(15-3)13(10-11)16-4;/h6-7,10H,5,8-9H2,1-4H3;1H. The van der Waals surface area contributed by atoms with Crippen molar-refractivity contribution in [3.8, 4) is 11.5 Å². The van der Waals surface area contributed by atoms with Gasteiger partial charge in [-0.2, -0.15) is 0 Å². The summed E-state index contributed by atoms with van der Waals surface area (Å²) in [7, 11) is 5.45. The maximum absolute atomic E-state index is 5.27. The van der Waals surface area contributed by atoms with Crippen molar-refractivity contribution in [2.75, 3.05) is 34.4 Å². The zero-order chi connectivity index (χ0) is 12.0. The second kappa shape index (κ2) is 8.20. The normalized spacial score (nSPS) is 9.94. The maximum atomic E-state index is 5.27. The summed E-state index contributed by atoms with van der Waals surface area (Å²) in [6.07, 6.45) is 1.03. The summed E-state index contributed by atoms with van der Waals surface area (Å²) in [4.78, 5) is 2.29. The van der Waals surface area contributed by atoms with Crippen LogP contribution in [0.5, 0.6) is 11.5 Å². The largest absolute Gasteiger partial charge is 0.493 e. The quantitative estimate of drug-likeness (QED) is 0.784. The number of hydrogen-bond acceptors (Lipinski definition) is 3. The summed E-state index contributed by atoms with van der Waals surface area (Å²) < 4.78 is 10.5. The van der Waals surface area contributed by atoms with Gasteiger partial charge in [-0.05, 0) is 37.7 Å². The second-order valence-corrected chi connectivity index (χ2v) is 3.84. The number of likely N-dealkylation sites (N-methyl/N-ethyl adjacent to an activating group) is 1. The molecule has 0 spiro atoms. The molecule has 0 amide bonds. The molecule has 4 heteroatoms. The average molecular weight is 260 g/mol. The molecule has 0 saturated carbocycles. The van der Waals surface area contributed by atoms with Crippen molar-refractivity contribution in [3.05, 3.63) is 23.8 Å². The smallest absolute Gasteiger partial charge is 0.160 e. The Labute approximate surface area is 110 Å². The van der Waals surface area contributed by atoms with E-state index < -0.39 is 0 Å². The molecular weight excluding hydrogens is 238 g/mol. The molecule has 0 aliphatic carbocycles. The number of rotatable bonds is 6. The van der Waals surface area contributed by atoms with Crippen LogP contribution in [0.15, 0.2) is 18.2 Å². The van der Waals surface area contributed by atoms with Crippen molar-refractivity contribution in [1.29, 1.82) is 0 Å². The van der Waals surface area contributed by atoms with E-state index >= 15 is 0 Å². The summed E-state index contributed by atoms with van der Waals surface area (Å²) in [5.74, 6) is 1.59. The number of halogens is 1. The fourth-order valence-corrected chi connectivity index (χ4v) is 1.51. The Morgan fingerprint density at radius 2 is 1.76 bits per heavy atom. The third kappa shape index (κ3) is 4.84. The molecule has 0 bridgehead atoms. The first kappa shape index (κ1) is 16.1. The van der Waals surface area contributed by atoms with Crippen LogP contribution in [0.1, 0.15) is 12.5 Å². The van der Waals surface area contributed by atoms with Gasteiger partial charge in [-0.3, -0.25) is 0 Å². The summed E-state index contributed by atoms with van der Waals surface area (Å²) in [5, 5.41) is 0. The summed E-state index contributed by atoms with van der Waals surface area (Å²) >= 11 is 0. The second-order valence-electron chi connectivity index (χ2n) is 3.84. The van der Waals surface area contributed by atoms with Gasteiger partial charge in [0, 0.05) is 6.54 Å². The molecule has 0 fully saturated rings. The Kier molecular flexibility index (Phi) is 7.75. The zero-order valence-corrected chi connectivity index (χ0v) is 11.8. The molecule has 17 heavy (non-hydrogen) atoms. The van der Waals surface area contributed by atoms with Gasteiger partial charge in [0.2, 0.25) is 0 Å². The molecule has 1 aromatic carbocycles. The highest BCUT2D eigenvalue weighted by Gasteiger charge is 2.04. The zero-order valence-electron chi connectivity index (χ0n) is 11.0. The van der Waals surface area contributed by atoms with Crippen molar-refractivity contribution < 1.29 is 9.47 Å². The van der Waals surface area contributed by atoms with E-state index in [1.165, 1.54) is 5.56 Å². The van der Waals surface area contributed by atoms with E-state index in [1.54, 1.807) is 14.2 Å². The lowest BCUT2D eigenvalue weighted by molar-refractivity contribution is 0.350. The SMILES string of the molecule is CCN(C)CCc1ccc(OC)c(OC)c1.Cl. The Hall–Kier alpha value is -0.930. The highest BCUT2D eigenvalue weighted by atomic mass is 35.5. The van der Waals surface area contributed by atoms with Crippen LogP contribution < -0.4 is 9.47 Å². The van der Waals surface area contributed by atoms with Gasteiger partial charge in [-0.1, -0.05) is 13.0 Å². The van der Waals surface area contributed by atoms with Crippen molar-refractivity contribution in [1.82, 2.24) is 4.90 Å². The summed E-state index contributed by atoms with van der Waals surface area (Å²) in [5.41, 5.74) is 1.28. The summed E-state index contributed by atoms with van der Waals surface area (Å²) in [6, 6.07) is 6.09. The van der Waals surface area contributed by atoms with Crippen molar-refractivity contribution in [2.24, 2.45) is 0 Å². The first-order chi connectivity index (χ1) is 7.71. The molecule has 0 atom stereocenters. The molecule has 0 N–H and O–H groups in total. The molecule has 0 heterocycles. The topological polar surface area (TPSA) is 21.7 Å². The number of nitrogens with zero attached hydrogens (tertiary/aromatic N) is 1. The third-order valence-corrected chi connectivity index (χ3v) is 2.77. The molecule has 1 rings (SSSR count). The lowest BCUT2D eigenvalue weighted by Gasteiger charge is -2.14. The Bertz CT molecular complexity index is 331. The van der Waals surface area contributed by atoms with E-state index in [0.717, 1.165) is 31.0 Å². The van der Waals surface area contributed by atoms with Gasteiger partial charge in [0.1, 0.15) is 0 Å². The molecule has 0 radical (unpaired) electrons. The first-order valence-corrected chi connectivity index (χ1v) is 5.60. The van der Waals surface area contributed by atoms with Gasteiger partial charge in [-0.25, -0.2) is 0 Å². The highest BCUT2D eigenvalue weighted by molar-refractivity contribution is 5.85. The number of benzene rings is 1. The van der Waals surface area contributed by atoms with E-state index in [9.17, 15) is 0 Å². The predicted octanol–water partition coefficient (Wildman–Crippen LogP) is 2.62. The molecule has 3 nitrogen and oxygen atoms in total. The molecule has 0 aliphatic rings. The maximum Gasteiger partial charge on any atom is 0.160 e. The van der Waals surface area contributed by atoms with Crippen molar-refractivity contribution in [2.45, 2.75) is 13.3 Å². The van der Waals surface area contributed by atoms with Crippen LogP contribution in [0.2, 0.25) is 0 Å². The monoisotopic (exact) mass is 259 g/mol. The van der Waals surface area contributed by atoms with Gasteiger partial charge in [-0.15, -0.1) is 12.4 Å². The van der Waals surface area contributed by atoms with Crippen LogP contribution >= 0.6 is 12.4 Å². The molecule has 0 unspecified atom stereocenters. The number of ether oxygens (including phenoxy) is 2. The van der Waals surface area contributed by atoms with Crippen molar-refractivity contribution >= 4 is 12.4 Å². The Morgan fingerprint density at radius 3 is 2.29 bits per heavy atom. The average Bonchev–Trinajstić information content (AvgIpc) is 2.35. The Balaban J connectivity index is 0.00000256. The van der Waals surface area contributed by atoms with Crippen LogP contribution in [0.25, 0.3) is 0 Å². The van der Waals surface area contributed by atoms with Crippen LogP contribution in [-0.4, -0.2) is 39.3 Å².